The standard InChI is InChI=1S/C51H60Cl2N6O5/c1-35-46(60)27-41(33-63-5)49(61)55-51(29-37-12-17-42(52)18-13-37)23-9-24-59(34-51)50(62)39(26-36-10-7-6-8-11-36)22-25-58(35)31-40-14-19-43(53)28-47(40)64-44-20-15-38(16-21-44)45-30-54-48(57(45)4)32-56(2)3/h6-8,10-21,28,30,35,39,41H,9,22-27,29,31-34H2,1-5H3,(H,55,61)/t35-,39-,41-,51+/m0/s1. The summed E-state index contributed by atoms with van der Waals surface area (Å²) in [6.45, 7) is 4.42. The molecule has 2 aliphatic heterocycles. The van der Waals surface area contributed by atoms with E-state index >= 15 is 0 Å². The number of amides is 2. The van der Waals surface area contributed by atoms with E-state index in [0.717, 1.165) is 46.7 Å². The lowest BCUT2D eigenvalue weighted by molar-refractivity contribution is -0.141. The highest BCUT2D eigenvalue weighted by Crippen LogP contribution is 2.34. The first-order chi connectivity index (χ1) is 30.8. The maximum Gasteiger partial charge on any atom is 0.226 e. The average molecular weight is 908 g/mol. The van der Waals surface area contributed by atoms with Crippen LogP contribution in [0.4, 0.5) is 0 Å². The van der Waals surface area contributed by atoms with Crippen LogP contribution < -0.4 is 10.1 Å². The number of fused-ring (bicyclic) bond motifs is 2. The zero-order valence-corrected chi connectivity index (χ0v) is 39.1. The Morgan fingerprint density at radius 3 is 2.34 bits per heavy atom. The number of hydrogen-bond donors (Lipinski definition) is 1. The summed E-state index contributed by atoms with van der Waals surface area (Å²) < 4.78 is 14.2. The number of aromatic nitrogens is 2. The number of halogens is 2. The number of piperidine rings is 1. The summed E-state index contributed by atoms with van der Waals surface area (Å²) in [5.41, 5.74) is 4.16. The molecule has 1 aromatic heterocycles. The largest absolute Gasteiger partial charge is 0.457 e. The predicted octanol–water partition coefficient (Wildman–Crippen LogP) is 8.64. The minimum atomic E-state index is -0.744. The monoisotopic (exact) mass is 906 g/mol. The topological polar surface area (TPSA) is 109 Å². The Balaban J connectivity index is 1.19. The molecule has 7 rings (SSSR count). The number of nitrogens with zero attached hydrogens (tertiary/aromatic N) is 5. The Morgan fingerprint density at radius 1 is 0.891 bits per heavy atom. The molecule has 0 unspecified atom stereocenters. The average Bonchev–Trinajstić information content (AvgIpc) is 3.63. The van der Waals surface area contributed by atoms with Crippen LogP contribution in [-0.2, 0) is 52.1 Å². The van der Waals surface area contributed by atoms with E-state index in [1.54, 1.807) is 13.2 Å². The SMILES string of the molecule is COC[C@@H]1CC(=O)[C@H](C)N(Cc2ccc(Cl)cc2Oc2ccc(-c3cnc(CN(C)C)n3C)cc2)CC[C@@H](Cc2ccccc2)C(=O)N2CCC[C@@](Cc3ccc(Cl)cc3)(C2)NC1=O. The number of imidazole rings is 1. The lowest BCUT2D eigenvalue weighted by Crippen LogP contribution is -2.62. The molecule has 5 aromatic rings. The number of hydrogen-bond acceptors (Lipinski definition) is 8. The second kappa shape index (κ2) is 21.3. The summed E-state index contributed by atoms with van der Waals surface area (Å²) in [6.07, 6.45) is 4.85. The van der Waals surface area contributed by atoms with Crippen molar-refractivity contribution in [3.63, 3.8) is 0 Å². The Kier molecular flexibility index (Phi) is 15.6. The van der Waals surface area contributed by atoms with Crippen LogP contribution in [0.2, 0.25) is 10.0 Å². The third-order valence-electron chi connectivity index (χ3n) is 12.7. The number of ether oxygens (including phenoxy) is 2. The molecule has 4 atom stereocenters. The summed E-state index contributed by atoms with van der Waals surface area (Å²) >= 11 is 12.9. The van der Waals surface area contributed by atoms with E-state index in [0.29, 0.717) is 73.4 Å². The van der Waals surface area contributed by atoms with E-state index in [9.17, 15) is 14.4 Å². The normalized spacial score (nSPS) is 21.5. The first-order valence-electron chi connectivity index (χ1n) is 22.2. The lowest BCUT2D eigenvalue weighted by atomic mass is 9.81. The molecule has 64 heavy (non-hydrogen) atoms. The van der Waals surface area contributed by atoms with E-state index in [-0.39, 0.29) is 36.5 Å². The lowest BCUT2D eigenvalue weighted by Gasteiger charge is -2.45. The van der Waals surface area contributed by atoms with Gasteiger partial charge in [0.2, 0.25) is 11.8 Å². The van der Waals surface area contributed by atoms with Crippen LogP contribution in [0.1, 0.15) is 55.1 Å². The highest BCUT2D eigenvalue weighted by atomic mass is 35.5. The molecule has 0 saturated carbocycles. The van der Waals surface area contributed by atoms with Crippen molar-refractivity contribution >= 4 is 40.8 Å². The number of ketones is 1. The molecule has 3 heterocycles. The van der Waals surface area contributed by atoms with Crippen molar-refractivity contribution in [3.05, 3.63) is 136 Å². The van der Waals surface area contributed by atoms with Gasteiger partial charge in [0.1, 0.15) is 17.3 Å². The molecule has 2 saturated heterocycles. The number of methoxy groups -OCH3 is 1. The molecule has 1 N–H and O–H groups in total. The van der Waals surface area contributed by atoms with Gasteiger partial charge in [-0.2, -0.15) is 0 Å². The van der Waals surface area contributed by atoms with Crippen LogP contribution in [0.3, 0.4) is 0 Å². The van der Waals surface area contributed by atoms with Crippen molar-refractivity contribution in [2.24, 2.45) is 18.9 Å². The fraction of sp³-hybridized carbons (Fsp3) is 0.412. The molecule has 0 radical (unpaired) electrons. The third-order valence-corrected chi connectivity index (χ3v) is 13.2. The van der Waals surface area contributed by atoms with Gasteiger partial charge in [0.05, 0.1) is 42.5 Å². The summed E-state index contributed by atoms with van der Waals surface area (Å²) in [5, 5.41) is 4.54. The molecular formula is C51H60Cl2N6O5. The van der Waals surface area contributed by atoms with E-state index in [2.05, 4.69) is 36.8 Å². The molecular weight excluding hydrogens is 848 g/mol. The van der Waals surface area contributed by atoms with Gasteiger partial charge in [-0.15, -0.1) is 0 Å². The van der Waals surface area contributed by atoms with E-state index in [1.807, 2.05) is 118 Å². The summed E-state index contributed by atoms with van der Waals surface area (Å²) in [6, 6.07) is 30.5. The van der Waals surface area contributed by atoms with Gasteiger partial charge in [-0.25, -0.2) is 4.98 Å². The number of Topliss-reactive ketones (excluding diaryl/α,β-unsaturated/α-hetero) is 1. The van der Waals surface area contributed by atoms with Crippen molar-refractivity contribution in [2.45, 2.75) is 70.1 Å². The molecule has 2 amide bonds. The van der Waals surface area contributed by atoms with Crippen molar-refractivity contribution < 1.29 is 23.9 Å². The van der Waals surface area contributed by atoms with Gasteiger partial charge in [-0.3, -0.25) is 19.3 Å². The second-order valence-corrected chi connectivity index (χ2v) is 18.7. The zero-order chi connectivity index (χ0) is 45.4. The van der Waals surface area contributed by atoms with Crippen molar-refractivity contribution in [3.8, 4) is 22.8 Å². The van der Waals surface area contributed by atoms with Crippen molar-refractivity contribution in [1.82, 2.24) is 29.6 Å². The number of carbonyl (C=O) groups excluding carboxylic acids is 3. The summed E-state index contributed by atoms with van der Waals surface area (Å²) in [7, 11) is 7.61. The third kappa shape index (κ3) is 11.8. The van der Waals surface area contributed by atoms with Crippen LogP contribution in [0.25, 0.3) is 11.3 Å². The van der Waals surface area contributed by atoms with Gasteiger partial charge in [-0.1, -0.05) is 71.7 Å². The van der Waals surface area contributed by atoms with Crippen LogP contribution in [0.5, 0.6) is 11.5 Å². The maximum absolute atomic E-state index is 14.9. The molecule has 338 valence electrons. The molecule has 4 aromatic carbocycles. The highest BCUT2D eigenvalue weighted by Gasteiger charge is 2.42. The minimum Gasteiger partial charge on any atom is -0.457 e. The molecule has 2 fully saturated rings. The minimum absolute atomic E-state index is 0.00587. The van der Waals surface area contributed by atoms with E-state index < -0.39 is 17.5 Å². The first kappa shape index (κ1) is 46.9. The highest BCUT2D eigenvalue weighted by molar-refractivity contribution is 6.31. The molecule has 0 spiro atoms. The van der Waals surface area contributed by atoms with Crippen LogP contribution in [0.15, 0.2) is 103 Å². The number of benzene rings is 4. The second-order valence-electron chi connectivity index (χ2n) is 17.8. The maximum atomic E-state index is 14.9. The number of rotatable bonds is 13. The van der Waals surface area contributed by atoms with Gasteiger partial charge < -0.3 is 29.2 Å². The Bertz CT molecular complexity index is 2370. The van der Waals surface area contributed by atoms with Gasteiger partial charge >= 0.3 is 0 Å². The molecule has 11 nitrogen and oxygen atoms in total. The fourth-order valence-corrected chi connectivity index (χ4v) is 9.44. The predicted molar refractivity (Wildman–Crippen MR) is 253 cm³/mol. The van der Waals surface area contributed by atoms with E-state index in [1.165, 1.54) is 0 Å². The number of carbonyl (C=O) groups is 3. The van der Waals surface area contributed by atoms with Crippen LogP contribution in [-0.4, -0.2) is 101 Å². The van der Waals surface area contributed by atoms with Crippen molar-refractivity contribution in [2.75, 3.05) is 47.4 Å². The van der Waals surface area contributed by atoms with Gasteiger partial charge in [0.15, 0.2) is 5.78 Å². The Labute approximate surface area is 387 Å². The van der Waals surface area contributed by atoms with Crippen LogP contribution in [0, 0.1) is 11.8 Å². The first-order valence-corrected chi connectivity index (χ1v) is 22.9. The van der Waals surface area contributed by atoms with Gasteiger partial charge in [0, 0.05) is 67.3 Å². The summed E-state index contributed by atoms with van der Waals surface area (Å²) in [4.78, 5) is 54.7. The Hall–Kier alpha value is -5.04. The quantitative estimate of drug-likeness (QED) is 0.125. The smallest absolute Gasteiger partial charge is 0.226 e. The Morgan fingerprint density at radius 2 is 1.62 bits per heavy atom. The fourth-order valence-electron chi connectivity index (χ4n) is 9.15. The van der Waals surface area contributed by atoms with Gasteiger partial charge in [-0.05, 0) is 119 Å². The van der Waals surface area contributed by atoms with E-state index in [4.69, 9.17) is 32.7 Å². The molecule has 2 aliphatic rings. The van der Waals surface area contributed by atoms with Crippen molar-refractivity contribution in [1.29, 1.82) is 0 Å². The van der Waals surface area contributed by atoms with Gasteiger partial charge in [0.25, 0.3) is 0 Å². The molecule has 0 aliphatic carbocycles. The zero-order valence-electron chi connectivity index (χ0n) is 37.6. The van der Waals surface area contributed by atoms with Crippen LogP contribution >= 0.6 is 23.2 Å². The molecule has 13 heteroatoms. The number of nitrogens with one attached hydrogen (secondary N) is 1. The molecule has 2 bridgehead atoms. The summed E-state index contributed by atoms with van der Waals surface area (Å²) in [5.74, 6) is 0.747.